The summed E-state index contributed by atoms with van der Waals surface area (Å²) in [5, 5.41) is 10.5. The predicted octanol–water partition coefficient (Wildman–Crippen LogP) is 7.70. The maximum absolute atomic E-state index is 15.3. The van der Waals surface area contributed by atoms with E-state index in [9.17, 15) is 18.3 Å². The summed E-state index contributed by atoms with van der Waals surface area (Å²) < 4.78 is 58.0. The zero-order valence-electron chi connectivity index (χ0n) is 19.4. The molecule has 0 bridgehead atoms. The first-order valence-electron chi connectivity index (χ1n) is 11.0. The fourth-order valence-electron chi connectivity index (χ4n) is 3.80. The molecule has 0 aliphatic rings. The van der Waals surface area contributed by atoms with Gasteiger partial charge >= 0.3 is 6.18 Å². The SMILES string of the molecule is CCSc1cccc(-c2ccc(-n3cc(C(C)(C)O)nc3-c3ccccc3C(F)(F)F)cc2F)c1. The summed E-state index contributed by atoms with van der Waals surface area (Å²) in [6.45, 7) is 5.02. The van der Waals surface area contributed by atoms with Gasteiger partial charge in [-0.3, -0.25) is 4.57 Å². The van der Waals surface area contributed by atoms with Crippen molar-refractivity contribution in [2.24, 2.45) is 0 Å². The third-order valence-electron chi connectivity index (χ3n) is 5.49. The number of rotatable bonds is 6. The van der Waals surface area contributed by atoms with Gasteiger partial charge in [-0.1, -0.05) is 37.3 Å². The Morgan fingerprint density at radius 2 is 1.69 bits per heavy atom. The van der Waals surface area contributed by atoms with E-state index < -0.39 is 23.2 Å². The van der Waals surface area contributed by atoms with Crippen LogP contribution in [0.3, 0.4) is 0 Å². The number of benzene rings is 3. The first-order chi connectivity index (χ1) is 16.5. The first-order valence-corrected chi connectivity index (χ1v) is 12.0. The van der Waals surface area contributed by atoms with Crippen LogP contribution in [0.2, 0.25) is 0 Å². The highest BCUT2D eigenvalue weighted by Gasteiger charge is 2.35. The molecular formula is C27H24F4N2OS. The van der Waals surface area contributed by atoms with Crippen molar-refractivity contribution in [3.8, 4) is 28.2 Å². The Kier molecular flexibility index (Phi) is 6.79. The number of hydrogen-bond donors (Lipinski definition) is 1. The van der Waals surface area contributed by atoms with Crippen LogP contribution in [0, 0.1) is 5.82 Å². The molecule has 0 radical (unpaired) electrons. The van der Waals surface area contributed by atoms with Gasteiger partial charge in [0, 0.05) is 22.2 Å². The highest BCUT2D eigenvalue weighted by Crippen LogP contribution is 2.38. The molecule has 1 aromatic heterocycles. The van der Waals surface area contributed by atoms with Crippen LogP contribution in [0.1, 0.15) is 32.0 Å². The third kappa shape index (κ3) is 5.28. The Hall–Kier alpha value is -3.10. The second-order valence-electron chi connectivity index (χ2n) is 8.55. The van der Waals surface area contributed by atoms with Crippen LogP contribution in [0.4, 0.5) is 17.6 Å². The maximum atomic E-state index is 15.3. The largest absolute Gasteiger partial charge is 0.417 e. The lowest BCUT2D eigenvalue weighted by molar-refractivity contribution is -0.137. The normalized spacial score (nSPS) is 12.2. The number of hydrogen-bond acceptors (Lipinski definition) is 3. The smallest absolute Gasteiger partial charge is 0.384 e. The maximum Gasteiger partial charge on any atom is 0.417 e. The molecule has 0 unspecified atom stereocenters. The lowest BCUT2D eigenvalue weighted by Crippen LogP contribution is -2.15. The van der Waals surface area contributed by atoms with Crippen molar-refractivity contribution in [2.45, 2.75) is 37.4 Å². The number of nitrogens with zero attached hydrogens (tertiary/aromatic N) is 2. The van der Waals surface area contributed by atoms with E-state index in [2.05, 4.69) is 4.98 Å². The highest BCUT2D eigenvalue weighted by molar-refractivity contribution is 7.99. The van der Waals surface area contributed by atoms with Crippen LogP contribution < -0.4 is 0 Å². The molecule has 0 saturated carbocycles. The van der Waals surface area contributed by atoms with Crippen molar-refractivity contribution in [2.75, 3.05) is 5.75 Å². The Morgan fingerprint density at radius 1 is 0.943 bits per heavy atom. The topological polar surface area (TPSA) is 38.0 Å². The lowest BCUT2D eigenvalue weighted by atomic mass is 10.0. The van der Waals surface area contributed by atoms with Gasteiger partial charge in [0.15, 0.2) is 0 Å². The fourth-order valence-corrected chi connectivity index (χ4v) is 4.51. The highest BCUT2D eigenvalue weighted by atomic mass is 32.2. The Bertz CT molecular complexity index is 1360. The monoisotopic (exact) mass is 500 g/mol. The van der Waals surface area contributed by atoms with E-state index in [0.29, 0.717) is 16.8 Å². The summed E-state index contributed by atoms with van der Waals surface area (Å²) in [7, 11) is 0. The molecule has 3 nitrogen and oxygen atoms in total. The number of aliphatic hydroxyl groups is 1. The van der Waals surface area contributed by atoms with Crippen LogP contribution in [-0.2, 0) is 11.8 Å². The molecule has 8 heteroatoms. The molecule has 1 heterocycles. The quantitative estimate of drug-likeness (QED) is 0.218. The van der Waals surface area contributed by atoms with E-state index in [0.717, 1.165) is 16.7 Å². The molecule has 35 heavy (non-hydrogen) atoms. The summed E-state index contributed by atoms with van der Waals surface area (Å²) in [6, 6.07) is 17.1. The number of thioether (sulfide) groups is 1. The zero-order chi connectivity index (χ0) is 25.4. The van der Waals surface area contributed by atoms with Gasteiger partial charge < -0.3 is 5.11 Å². The molecule has 0 spiro atoms. The molecular weight excluding hydrogens is 476 g/mol. The Balaban J connectivity index is 1.86. The van der Waals surface area contributed by atoms with Crippen LogP contribution in [0.15, 0.2) is 77.8 Å². The van der Waals surface area contributed by atoms with E-state index in [1.807, 2.05) is 31.2 Å². The average Bonchev–Trinajstić information content (AvgIpc) is 3.25. The van der Waals surface area contributed by atoms with E-state index in [-0.39, 0.29) is 17.1 Å². The second kappa shape index (κ2) is 9.51. The Labute approximate surface area is 205 Å². The standard InChI is InChI=1S/C27H24F4N2OS/c1-4-35-19-9-7-8-17(14-19)20-13-12-18(15-23(20)28)33-16-24(26(2,3)34)32-25(33)21-10-5-6-11-22(21)27(29,30)31/h5-16,34H,4H2,1-3H3. The number of imidazole rings is 1. The van der Waals surface area contributed by atoms with Crippen molar-refractivity contribution in [3.63, 3.8) is 0 Å². The van der Waals surface area contributed by atoms with E-state index >= 15 is 4.39 Å². The lowest BCUT2D eigenvalue weighted by Gasteiger charge is -2.15. The number of aromatic nitrogens is 2. The zero-order valence-corrected chi connectivity index (χ0v) is 20.2. The van der Waals surface area contributed by atoms with Crippen molar-refractivity contribution in [3.05, 3.63) is 90.0 Å². The van der Waals surface area contributed by atoms with Gasteiger partial charge in [-0.2, -0.15) is 13.2 Å². The van der Waals surface area contributed by atoms with Gasteiger partial charge in [0.05, 0.1) is 16.9 Å². The van der Waals surface area contributed by atoms with Crippen LogP contribution in [-0.4, -0.2) is 20.4 Å². The third-order valence-corrected chi connectivity index (χ3v) is 6.37. The molecule has 1 N–H and O–H groups in total. The molecule has 182 valence electrons. The minimum atomic E-state index is -4.61. The molecule has 0 amide bonds. The minimum Gasteiger partial charge on any atom is -0.384 e. The van der Waals surface area contributed by atoms with Crippen molar-refractivity contribution < 1.29 is 22.7 Å². The fraction of sp³-hybridized carbons (Fsp3) is 0.222. The average molecular weight is 501 g/mol. The molecule has 0 fully saturated rings. The van der Waals surface area contributed by atoms with Crippen molar-refractivity contribution >= 4 is 11.8 Å². The predicted molar refractivity (Wildman–Crippen MR) is 131 cm³/mol. The van der Waals surface area contributed by atoms with E-state index in [1.165, 1.54) is 48.9 Å². The second-order valence-corrected chi connectivity index (χ2v) is 9.88. The minimum absolute atomic E-state index is 0.0384. The van der Waals surface area contributed by atoms with Crippen LogP contribution in [0.25, 0.3) is 28.2 Å². The van der Waals surface area contributed by atoms with Gasteiger partial charge in [-0.15, -0.1) is 11.8 Å². The summed E-state index contributed by atoms with van der Waals surface area (Å²) >= 11 is 1.65. The van der Waals surface area contributed by atoms with E-state index in [4.69, 9.17) is 0 Å². The molecule has 0 saturated heterocycles. The van der Waals surface area contributed by atoms with E-state index in [1.54, 1.807) is 23.9 Å². The van der Waals surface area contributed by atoms with Crippen molar-refractivity contribution in [1.82, 2.24) is 9.55 Å². The molecule has 0 aliphatic heterocycles. The van der Waals surface area contributed by atoms with Gasteiger partial charge in [-0.25, -0.2) is 9.37 Å². The first kappa shape index (κ1) is 25.0. The summed E-state index contributed by atoms with van der Waals surface area (Å²) in [4.78, 5) is 5.35. The van der Waals surface area contributed by atoms with Gasteiger partial charge in [0.25, 0.3) is 0 Å². The molecule has 4 rings (SSSR count). The van der Waals surface area contributed by atoms with Crippen LogP contribution in [0.5, 0.6) is 0 Å². The summed E-state index contributed by atoms with van der Waals surface area (Å²) in [5.41, 5.74) is -0.895. The Morgan fingerprint density at radius 3 is 2.34 bits per heavy atom. The van der Waals surface area contributed by atoms with Crippen molar-refractivity contribution in [1.29, 1.82) is 0 Å². The number of alkyl halides is 3. The van der Waals surface area contributed by atoms with Gasteiger partial charge in [0.2, 0.25) is 0 Å². The summed E-state index contributed by atoms with van der Waals surface area (Å²) in [6.07, 6.45) is -3.17. The van der Waals surface area contributed by atoms with Gasteiger partial charge in [-0.05, 0) is 61.6 Å². The molecule has 3 aromatic carbocycles. The van der Waals surface area contributed by atoms with Crippen LogP contribution >= 0.6 is 11.8 Å². The summed E-state index contributed by atoms with van der Waals surface area (Å²) in [5.74, 6) is 0.329. The van der Waals surface area contributed by atoms with Gasteiger partial charge in [0.1, 0.15) is 17.2 Å². The molecule has 4 aromatic rings. The molecule has 0 atom stereocenters. The number of halogens is 4. The molecule has 0 aliphatic carbocycles.